The lowest BCUT2D eigenvalue weighted by Gasteiger charge is -2.44. The maximum atomic E-state index is 11.7. The van der Waals surface area contributed by atoms with Crippen LogP contribution in [0.3, 0.4) is 0 Å². The molecule has 1 amide bonds. The molecule has 2 atom stereocenters. The number of nitrogens with one attached hydrogen (secondary N) is 2. The van der Waals surface area contributed by atoms with Crippen molar-refractivity contribution in [1.29, 1.82) is 0 Å². The van der Waals surface area contributed by atoms with E-state index < -0.39 is 0 Å². The second-order valence-electron chi connectivity index (χ2n) is 6.37. The van der Waals surface area contributed by atoms with Crippen molar-refractivity contribution >= 4 is 11.7 Å². The average molecular weight is 302 g/mol. The lowest BCUT2D eigenvalue weighted by Crippen LogP contribution is -2.49. The maximum Gasteiger partial charge on any atom is 0.269 e. The van der Waals surface area contributed by atoms with Crippen molar-refractivity contribution in [2.24, 2.45) is 5.92 Å². The molecule has 0 unspecified atom stereocenters. The monoisotopic (exact) mass is 302 g/mol. The number of carbonyl (C=O) groups excluding carboxylic acids is 1. The maximum absolute atomic E-state index is 11.7. The molecule has 1 aromatic heterocycles. The molecule has 0 saturated carbocycles. The third kappa shape index (κ3) is 3.40. The van der Waals surface area contributed by atoms with Crippen LogP contribution in [0.25, 0.3) is 0 Å². The second-order valence-corrected chi connectivity index (χ2v) is 6.37. The molecule has 2 N–H and O–H groups in total. The minimum absolute atomic E-state index is 0.139. The Morgan fingerprint density at radius 3 is 3.00 bits per heavy atom. The molecular weight excluding hydrogens is 276 g/mol. The van der Waals surface area contributed by atoms with Crippen molar-refractivity contribution in [3.05, 3.63) is 23.9 Å². The molecule has 5 heteroatoms. The molecule has 120 valence electrons. The van der Waals surface area contributed by atoms with Crippen LogP contribution >= 0.6 is 0 Å². The fourth-order valence-electron chi connectivity index (χ4n) is 3.84. The number of piperidine rings is 2. The zero-order valence-electron chi connectivity index (χ0n) is 13.3. The molecule has 22 heavy (non-hydrogen) atoms. The number of rotatable bonds is 4. The molecule has 0 aliphatic carbocycles. The van der Waals surface area contributed by atoms with Gasteiger partial charge in [-0.1, -0.05) is 12.5 Å². The van der Waals surface area contributed by atoms with Crippen LogP contribution in [-0.4, -0.2) is 48.5 Å². The largest absolute Gasteiger partial charge is 0.370 e. The molecule has 0 aromatic carbocycles. The highest BCUT2D eigenvalue weighted by Crippen LogP contribution is 2.30. The molecule has 2 saturated heterocycles. The van der Waals surface area contributed by atoms with Gasteiger partial charge in [0.1, 0.15) is 11.5 Å². The van der Waals surface area contributed by atoms with Gasteiger partial charge >= 0.3 is 0 Å². The third-order valence-electron chi connectivity index (χ3n) is 4.98. The van der Waals surface area contributed by atoms with Gasteiger partial charge < -0.3 is 15.5 Å². The summed E-state index contributed by atoms with van der Waals surface area (Å²) < 4.78 is 0. The summed E-state index contributed by atoms with van der Waals surface area (Å²) in [7, 11) is 1.63. The van der Waals surface area contributed by atoms with Crippen LogP contribution in [0.4, 0.5) is 5.82 Å². The van der Waals surface area contributed by atoms with Crippen molar-refractivity contribution in [2.45, 2.75) is 38.1 Å². The standard InChI is InChI=1S/C17H26N4O/c1-18-17(22)14-7-4-9-16(20-14)19-12-13-6-5-11-21-10-3-2-8-15(13)21/h4,7,9,13,15H,2-3,5-6,8,10-12H2,1H3,(H,18,22)(H,19,20)/t13-,15+/m0/s1. The Labute approximate surface area is 132 Å². The van der Waals surface area contributed by atoms with Gasteiger partial charge in [0.15, 0.2) is 0 Å². The van der Waals surface area contributed by atoms with Crippen LogP contribution < -0.4 is 10.6 Å². The Kier molecular flexibility index (Phi) is 4.93. The molecule has 2 aliphatic rings. The van der Waals surface area contributed by atoms with Gasteiger partial charge in [0.2, 0.25) is 0 Å². The summed E-state index contributed by atoms with van der Waals surface area (Å²) in [5.74, 6) is 1.35. The summed E-state index contributed by atoms with van der Waals surface area (Å²) in [6, 6.07) is 6.30. The third-order valence-corrected chi connectivity index (χ3v) is 4.98. The lowest BCUT2D eigenvalue weighted by atomic mass is 9.83. The molecular formula is C17H26N4O. The molecule has 1 aromatic rings. The highest BCUT2D eigenvalue weighted by atomic mass is 16.1. The van der Waals surface area contributed by atoms with E-state index in [-0.39, 0.29) is 5.91 Å². The van der Waals surface area contributed by atoms with Gasteiger partial charge in [0.05, 0.1) is 0 Å². The van der Waals surface area contributed by atoms with Crippen molar-refractivity contribution in [1.82, 2.24) is 15.2 Å². The zero-order valence-corrected chi connectivity index (χ0v) is 13.3. The van der Waals surface area contributed by atoms with Crippen molar-refractivity contribution in [3.63, 3.8) is 0 Å². The number of nitrogens with zero attached hydrogens (tertiary/aromatic N) is 2. The lowest BCUT2D eigenvalue weighted by molar-refractivity contribution is 0.0649. The van der Waals surface area contributed by atoms with Gasteiger partial charge in [-0.2, -0.15) is 0 Å². The van der Waals surface area contributed by atoms with E-state index in [0.29, 0.717) is 11.6 Å². The second kappa shape index (κ2) is 7.09. The van der Waals surface area contributed by atoms with E-state index in [1.165, 1.54) is 45.2 Å². The SMILES string of the molecule is CNC(=O)c1cccc(NC[C@@H]2CCCN3CCCC[C@H]23)n1. The molecule has 3 rings (SSSR count). The fourth-order valence-corrected chi connectivity index (χ4v) is 3.84. The van der Waals surface area contributed by atoms with E-state index in [2.05, 4.69) is 20.5 Å². The van der Waals surface area contributed by atoms with Crippen molar-refractivity contribution in [2.75, 3.05) is 32.0 Å². The zero-order chi connectivity index (χ0) is 15.4. The molecule has 2 fully saturated rings. The highest BCUT2D eigenvalue weighted by molar-refractivity contribution is 5.92. The molecule has 0 spiro atoms. The first-order valence-corrected chi connectivity index (χ1v) is 8.45. The topological polar surface area (TPSA) is 57.3 Å². The summed E-state index contributed by atoms with van der Waals surface area (Å²) in [6.45, 7) is 3.49. The average Bonchev–Trinajstić information content (AvgIpc) is 2.59. The fraction of sp³-hybridized carbons (Fsp3) is 0.647. The van der Waals surface area contributed by atoms with E-state index in [1.807, 2.05) is 12.1 Å². The van der Waals surface area contributed by atoms with Crippen molar-refractivity contribution < 1.29 is 4.79 Å². The van der Waals surface area contributed by atoms with Gasteiger partial charge in [0.25, 0.3) is 5.91 Å². The van der Waals surface area contributed by atoms with Crippen LogP contribution in [0, 0.1) is 5.92 Å². The Balaban J connectivity index is 1.60. The number of hydrogen-bond donors (Lipinski definition) is 2. The number of amides is 1. The Bertz CT molecular complexity index is 517. The smallest absolute Gasteiger partial charge is 0.269 e. The quantitative estimate of drug-likeness (QED) is 0.894. The summed E-state index contributed by atoms with van der Waals surface area (Å²) >= 11 is 0. The normalized spacial score (nSPS) is 25.3. The van der Waals surface area contributed by atoms with Gasteiger partial charge in [-0.15, -0.1) is 0 Å². The molecule has 2 aliphatic heterocycles. The summed E-state index contributed by atoms with van der Waals surface area (Å²) in [5, 5.41) is 6.06. The number of hydrogen-bond acceptors (Lipinski definition) is 4. The minimum Gasteiger partial charge on any atom is -0.370 e. The first kappa shape index (κ1) is 15.3. The Hall–Kier alpha value is -1.62. The summed E-state index contributed by atoms with van der Waals surface area (Å²) in [5.41, 5.74) is 0.468. The number of carbonyl (C=O) groups is 1. The minimum atomic E-state index is -0.139. The van der Waals surface area contributed by atoms with Crippen LogP contribution in [0.1, 0.15) is 42.6 Å². The van der Waals surface area contributed by atoms with E-state index in [9.17, 15) is 4.79 Å². The van der Waals surface area contributed by atoms with Crippen molar-refractivity contribution in [3.8, 4) is 0 Å². The predicted octanol–water partition coefficient (Wildman–Crippen LogP) is 2.12. The predicted molar refractivity (Wildman–Crippen MR) is 88.1 cm³/mol. The summed E-state index contributed by atoms with van der Waals surface area (Å²) in [4.78, 5) is 18.7. The molecule has 0 radical (unpaired) electrons. The first-order chi connectivity index (χ1) is 10.8. The van der Waals surface area contributed by atoms with Crippen LogP contribution in [-0.2, 0) is 0 Å². The van der Waals surface area contributed by atoms with Gasteiger partial charge in [-0.05, 0) is 56.8 Å². The first-order valence-electron chi connectivity index (χ1n) is 8.45. The van der Waals surface area contributed by atoms with E-state index in [1.54, 1.807) is 13.1 Å². The Morgan fingerprint density at radius 2 is 2.14 bits per heavy atom. The number of fused-ring (bicyclic) bond motifs is 1. The van der Waals surface area contributed by atoms with Crippen LogP contribution in [0.2, 0.25) is 0 Å². The van der Waals surface area contributed by atoms with E-state index >= 15 is 0 Å². The summed E-state index contributed by atoms with van der Waals surface area (Å²) in [6.07, 6.45) is 6.64. The van der Waals surface area contributed by atoms with Gasteiger partial charge in [-0.25, -0.2) is 4.98 Å². The van der Waals surface area contributed by atoms with Gasteiger partial charge in [0, 0.05) is 19.6 Å². The molecule has 3 heterocycles. The molecule has 5 nitrogen and oxygen atoms in total. The number of aromatic nitrogens is 1. The van der Waals surface area contributed by atoms with Gasteiger partial charge in [-0.3, -0.25) is 4.79 Å². The Morgan fingerprint density at radius 1 is 1.27 bits per heavy atom. The van der Waals surface area contributed by atoms with Crippen LogP contribution in [0.15, 0.2) is 18.2 Å². The van der Waals surface area contributed by atoms with E-state index in [0.717, 1.165) is 18.4 Å². The van der Waals surface area contributed by atoms with E-state index in [4.69, 9.17) is 0 Å². The van der Waals surface area contributed by atoms with Crippen LogP contribution in [0.5, 0.6) is 0 Å². The highest BCUT2D eigenvalue weighted by Gasteiger charge is 2.32. The molecule has 0 bridgehead atoms. The number of anilines is 1. The number of pyridine rings is 1.